The van der Waals surface area contributed by atoms with Crippen LogP contribution in [0.1, 0.15) is 19.0 Å². The average molecular weight is 292 g/mol. The number of pyridine rings is 1. The predicted molar refractivity (Wildman–Crippen MR) is 82.2 cm³/mol. The molecule has 0 aliphatic carbocycles. The number of carbonyl (C=O) groups is 1. The van der Waals surface area contributed by atoms with Crippen molar-refractivity contribution in [3.63, 3.8) is 0 Å². The molecule has 2 rings (SSSR count). The summed E-state index contributed by atoms with van der Waals surface area (Å²) in [6, 6.07) is 5.60. The van der Waals surface area contributed by atoms with Gasteiger partial charge >= 0.3 is 6.03 Å². The van der Waals surface area contributed by atoms with Crippen molar-refractivity contribution in [2.75, 3.05) is 32.1 Å². The predicted octanol–water partition coefficient (Wildman–Crippen LogP) is 1.06. The minimum atomic E-state index is -0.431. The van der Waals surface area contributed by atoms with Crippen molar-refractivity contribution in [2.24, 2.45) is 5.92 Å². The Morgan fingerprint density at radius 3 is 2.95 bits per heavy atom. The molecule has 2 N–H and O–H groups in total. The zero-order chi connectivity index (χ0) is 15.4. The minimum absolute atomic E-state index is 0.141. The highest BCUT2D eigenvalue weighted by Crippen LogP contribution is 2.17. The molecule has 2 unspecified atom stereocenters. The normalized spacial score (nSPS) is 22.0. The van der Waals surface area contributed by atoms with Gasteiger partial charge in [-0.2, -0.15) is 0 Å². The number of aliphatic hydroxyl groups is 1. The number of carbonyl (C=O) groups excluding carboxylic acids is 1. The van der Waals surface area contributed by atoms with Gasteiger partial charge in [0.2, 0.25) is 0 Å². The van der Waals surface area contributed by atoms with E-state index < -0.39 is 6.10 Å². The van der Waals surface area contributed by atoms with E-state index in [4.69, 9.17) is 0 Å². The number of nitrogens with one attached hydrogen (secondary N) is 1. The monoisotopic (exact) mass is 292 g/mol. The van der Waals surface area contributed by atoms with Gasteiger partial charge in [-0.05, 0) is 24.5 Å². The van der Waals surface area contributed by atoms with Crippen molar-refractivity contribution < 1.29 is 9.90 Å². The number of nitrogens with zero attached hydrogens (tertiary/aromatic N) is 3. The lowest BCUT2D eigenvalue weighted by Crippen LogP contribution is -2.49. The number of aliphatic hydroxyl groups excluding tert-OH is 1. The molecule has 0 radical (unpaired) electrons. The van der Waals surface area contributed by atoms with Crippen LogP contribution >= 0.6 is 0 Å². The summed E-state index contributed by atoms with van der Waals surface area (Å²) in [7, 11) is 3.86. The highest BCUT2D eigenvalue weighted by molar-refractivity contribution is 5.74. The lowest BCUT2D eigenvalue weighted by molar-refractivity contribution is 0.0435. The molecule has 1 fully saturated rings. The van der Waals surface area contributed by atoms with Crippen molar-refractivity contribution in [1.82, 2.24) is 15.2 Å². The number of hydrogen-bond donors (Lipinski definition) is 2. The van der Waals surface area contributed by atoms with Gasteiger partial charge in [0.25, 0.3) is 0 Å². The van der Waals surface area contributed by atoms with E-state index in [-0.39, 0.29) is 11.9 Å². The third kappa shape index (κ3) is 4.07. The maximum atomic E-state index is 12.1. The van der Waals surface area contributed by atoms with E-state index in [0.29, 0.717) is 19.6 Å². The third-order valence-corrected chi connectivity index (χ3v) is 3.88. The van der Waals surface area contributed by atoms with E-state index in [9.17, 15) is 9.90 Å². The van der Waals surface area contributed by atoms with E-state index in [1.54, 1.807) is 4.90 Å². The Kier molecular flexibility index (Phi) is 5.01. The quantitative estimate of drug-likeness (QED) is 0.874. The van der Waals surface area contributed by atoms with Gasteiger partial charge in [0.15, 0.2) is 0 Å². The van der Waals surface area contributed by atoms with Crippen LogP contribution in [0.15, 0.2) is 18.2 Å². The zero-order valence-corrected chi connectivity index (χ0v) is 12.9. The second kappa shape index (κ2) is 6.76. The molecule has 1 aromatic rings. The Hall–Kier alpha value is -1.82. The van der Waals surface area contributed by atoms with E-state index in [2.05, 4.69) is 10.3 Å². The number of rotatable bonds is 3. The standard InChI is InChI=1S/C15H24N4O2/c1-11-7-8-19(10-13(11)20)15(21)16-9-12-5-4-6-14(17-12)18(2)3/h4-6,11,13,20H,7-10H2,1-3H3,(H,16,21). The van der Waals surface area contributed by atoms with Crippen LogP contribution in [-0.4, -0.2) is 54.3 Å². The molecular formula is C15H24N4O2. The first-order valence-electron chi connectivity index (χ1n) is 7.31. The lowest BCUT2D eigenvalue weighted by Gasteiger charge is -2.34. The van der Waals surface area contributed by atoms with Crippen LogP contribution < -0.4 is 10.2 Å². The number of β-amino-alcohol motifs (C(OH)–C–C–N with tert-alkyl or cyclic N) is 1. The van der Waals surface area contributed by atoms with Gasteiger partial charge in [-0.15, -0.1) is 0 Å². The molecule has 1 aromatic heterocycles. The molecule has 1 saturated heterocycles. The Morgan fingerprint density at radius 1 is 1.52 bits per heavy atom. The number of urea groups is 1. The SMILES string of the molecule is CC1CCN(C(=O)NCc2cccc(N(C)C)n2)CC1O. The van der Waals surface area contributed by atoms with Crippen LogP contribution in [0.4, 0.5) is 10.6 Å². The fourth-order valence-corrected chi connectivity index (χ4v) is 2.33. The smallest absolute Gasteiger partial charge is 0.317 e. The molecule has 1 aliphatic rings. The summed E-state index contributed by atoms with van der Waals surface area (Å²) in [5, 5.41) is 12.7. The van der Waals surface area contributed by atoms with E-state index >= 15 is 0 Å². The molecular weight excluding hydrogens is 268 g/mol. The van der Waals surface area contributed by atoms with Crippen molar-refractivity contribution in [3.8, 4) is 0 Å². The first kappa shape index (κ1) is 15.6. The molecule has 116 valence electrons. The molecule has 2 atom stereocenters. The molecule has 6 heteroatoms. The van der Waals surface area contributed by atoms with E-state index in [1.165, 1.54) is 0 Å². The average Bonchev–Trinajstić information content (AvgIpc) is 2.48. The summed E-state index contributed by atoms with van der Waals surface area (Å²) in [5.74, 6) is 1.12. The fraction of sp³-hybridized carbons (Fsp3) is 0.600. The molecule has 21 heavy (non-hydrogen) atoms. The van der Waals surface area contributed by atoms with E-state index in [0.717, 1.165) is 17.9 Å². The van der Waals surface area contributed by atoms with Crippen molar-refractivity contribution in [1.29, 1.82) is 0 Å². The molecule has 0 saturated carbocycles. The molecule has 2 heterocycles. The van der Waals surface area contributed by atoms with Crippen LogP contribution in [-0.2, 0) is 6.54 Å². The summed E-state index contributed by atoms with van der Waals surface area (Å²) >= 11 is 0. The largest absolute Gasteiger partial charge is 0.391 e. The van der Waals surface area contributed by atoms with Crippen LogP contribution in [0.3, 0.4) is 0 Å². The molecule has 2 amide bonds. The summed E-state index contributed by atoms with van der Waals surface area (Å²) < 4.78 is 0. The number of likely N-dealkylation sites (tertiary alicyclic amines) is 1. The van der Waals surface area contributed by atoms with Gasteiger partial charge in [0, 0.05) is 27.2 Å². The number of hydrogen-bond acceptors (Lipinski definition) is 4. The summed E-state index contributed by atoms with van der Waals surface area (Å²) in [4.78, 5) is 20.2. The van der Waals surface area contributed by atoms with Crippen molar-refractivity contribution >= 4 is 11.8 Å². The van der Waals surface area contributed by atoms with Gasteiger partial charge in [0.1, 0.15) is 5.82 Å². The molecule has 0 bridgehead atoms. The van der Waals surface area contributed by atoms with Gasteiger partial charge in [-0.1, -0.05) is 13.0 Å². The number of aromatic nitrogens is 1. The van der Waals surface area contributed by atoms with Crippen LogP contribution in [0, 0.1) is 5.92 Å². The van der Waals surface area contributed by atoms with Crippen LogP contribution in [0.5, 0.6) is 0 Å². The second-order valence-electron chi connectivity index (χ2n) is 5.82. The van der Waals surface area contributed by atoms with Crippen molar-refractivity contribution in [2.45, 2.75) is 26.0 Å². The van der Waals surface area contributed by atoms with E-state index in [1.807, 2.05) is 44.1 Å². The summed E-state index contributed by atoms with van der Waals surface area (Å²) in [5.41, 5.74) is 0.820. The van der Waals surface area contributed by atoms with Gasteiger partial charge < -0.3 is 20.2 Å². The fourth-order valence-electron chi connectivity index (χ4n) is 2.33. The Morgan fingerprint density at radius 2 is 2.29 bits per heavy atom. The van der Waals surface area contributed by atoms with Gasteiger partial charge in [-0.3, -0.25) is 0 Å². The van der Waals surface area contributed by atoms with Gasteiger partial charge in [-0.25, -0.2) is 9.78 Å². The summed E-state index contributed by atoms with van der Waals surface area (Å²) in [6.07, 6.45) is 0.405. The molecule has 0 aromatic carbocycles. The Labute approximate surface area is 125 Å². The Bertz CT molecular complexity index is 492. The summed E-state index contributed by atoms with van der Waals surface area (Å²) in [6.45, 7) is 3.49. The zero-order valence-electron chi connectivity index (χ0n) is 12.9. The first-order chi connectivity index (χ1) is 9.97. The lowest BCUT2D eigenvalue weighted by atomic mass is 9.96. The Balaban J connectivity index is 1.88. The number of anilines is 1. The van der Waals surface area contributed by atoms with Crippen LogP contribution in [0.25, 0.3) is 0 Å². The topological polar surface area (TPSA) is 68.7 Å². The van der Waals surface area contributed by atoms with Gasteiger partial charge in [0.05, 0.1) is 18.3 Å². The highest BCUT2D eigenvalue weighted by Gasteiger charge is 2.27. The third-order valence-electron chi connectivity index (χ3n) is 3.88. The molecule has 0 spiro atoms. The van der Waals surface area contributed by atoms with Crippen molar-refractivity contribution in [3.05, 3.63) is 23.9 Å². The molecule has 1 aliphatic heterocycles. The minimum Gasteiger partial charge on any atom is -0.391 e. The second-order valence-corrected chi connectivity index (χ2v) is 5.82. The molecule has 6 nitrogen and oxygen atoms in total. The first-order valence-corrected chi connectivity index (χ1v) is 7.31. The maximum absolute atomic E-state index is 12.1. The highest BCUT2D eigenvalue weighted by atomic mass is 16.3. The number of piperidine rings is 1. The van der Waals surface area contributed by atoms with Crippen LogP contribution in [0.2, 0.25) is 0 Å². The maximum Gasteiger partial charge on any atom is 0.317 e. The number of amides is 2.